The molecule has 0 atom stereocenters. The molecule has 20 heavy (non-hydrogen) atoms. The number of hydrogen-bond acceptors (Lipinski definition) is 5. The Bertz CT molecular complexity index is 634. The topological polar surface area (TPSA) is 52.6 Å². The summed E-state index contributed by atoms with van der Waals surface area (Å²) in [7, 11) is 1.62. The molecule has 5 nitrogen and oxygen atoms in total. The monoisotopic (exact) mass is 336 g/mol. The van der Waals surface area contributed by atoms with Gasteiger partial charge in [-0.05, 0) is 45.8 Å². The fraction of sp³-hybridized carbons (Fsp3) is 0.214. The third kappa shape index (κ3) is 2.51. The Morgan fingerprint density at radius 1 is 1.40 bits per heavy atom. The second-order valence-corrected chi connectivity index (χ2v) is 4.98. The van der Waals surface area contributed by atoms with Crippen molar-refractivity contribution in [3.8, 4) is 17.2 Å². The molecule has 0 radical (unpaired) electrons. The Labute approximate surface area is 125 Å². The van der Waals surface area contributed by atoms with E-state index in [9.17, 15) is 0 Å². The predicted molar refractivity (Wildman–Crippen MR) is 78.4 cm³/mol. The second-order valence-electron chi connectivity index (χ2n) is 4.23. The fourth-order valence-corrected chi connectivity index (χ4v) is 2.39. The Balaban J connectivity index is 1.80. The molecule has 0 bridgehead atoms. The summed E-state index contributed by atoms with van der Waals surface area (Å²) in [6.07, 6.45) is 1.73. The molecule has 1 N–H and O–H groups in total. The summed E-state index contributed by atoms with van der Waals surface area (Å²) in [6.45, 7) is 0.869. The van der Waals surface area contributed by atoms with Crippen LogP contribution in [0.15, 0.2) is 35.1 Å². The number of methoxy groups -OCH3 is 1. The standard InChI is InChI=1S/C14H13BrN2O3/c1-18-11-5-9(6-12-13(11)20-8-19-12)7-17-10-3-2-4-16-14(10)15/h2-6,17H,7-8H2,1H3. The Hall–Kier alpha value is -1.95. The first-order valence-corrected chi connectivity index (χ1v) is 6.88. The normalized spacial score (nSPS) is 12.3. The highest BCUT2D eigenvalue weighted by Gasteiger charge is 2.19. The Morgan fingerprint density at radius 3 is 3.10 bits per heavy atom. The third-order valence-electron chi connectivity index (χ3n) is 2.96. The zero-order chi connectivity index (χ0) is 13.9. The molecule has 0 aliphatic carbocycles. The SMILES string of the molecule is COc1cc(CNc2cccnc2Br)cc2c1OCO2. The van der Waals surface area contributed by atoms with Crippen LogP contribution < -0.4 is 19.5 Å². The van der Waals surface area contributed by atoms with Gasteiger partial charge in [0.25, 0.3) is 0 Å². The highest BCUT2D eigenvalue weighted by Crippen LogP contribution is 2.41. The molecule has 0 unspecified atom stereocenters. The largest absolute Gasteiger partial charge is 0.493 e. The van der Waals surface area contributed by atoms with Crippen LogP contribution in [0, 0.1) is 0 Å². The van der Waals surface area contributed by atoms with E-state index in [1.807, 2.05) is 24.3 Å². The Morgan fingerprint density at radius 2 is 2.30 bits per heavy atom. The van der Waals surface area contributed by atoms with Crippen molar-refractivity contribution in [1.29, 1.82) is 0 Å². The van der Waals surface area contributed by atoms with Crippen LogP contribution in [-0.2, 0) is 6.54 Å². The van der Waals surface area contributed by atoms with Gasteiger partial charge in [-0.25, -0.2) is 4.98 Å². The Kier molecular flexibility index (Phi) is 3.64. The zero-order valence-electron chi connectivity index (χ0n) is 10.9. The summed E-state index contributed by atoms with van der Waals surface area (Å²) in [5.41, 5.74) is 1.98. The first-order chi connectivity index (χ1) is 9.78. The highest BCUT2D eigenvalue weighted by molar-refractivity contribution is 9.10. The van der Waals surface area contributed by atoms with Crippen molar-refractivity contribution in [2.24, 2.45) is 0 Å². The fourth-order valence-electron chi connectivity index (χ4n) is 2.00. The van der Waals surface area contributed by atoms with Crippen LogP contribution in [0.5, 0.6) is 17.2 Å². The number of rotatable bonds is 4. The van der Waals surface area contributed by atoms with Crippen LogP contribution >= 0.6 is 15.9 Å². The maximum absolute atomic E-state index is 5.41. The molecule has 6 heteroatoms. The molecule has 2 aromatic rings. The lowest BCUT2D eigenvalue weighted by molar-refractivity contribution is 0.171. The minimum Gasteiger partial charge on any atom is -0.493 e. The number of halogens is 1. The molecule has 1 aromatic heterocycles. The van der Waals surface area contributed by atoms with Gasteiger partial charge >= 0.3 is 0 Å². The van der Waals surface area contributed by atoms with Crippen LogP contribution in [0.2, 0.25) is 0 Å². The smallest absolute Gasteiger partial charge is 0.231 e. The van der Waals surface area contributed by atoms with Gasteiger partial charge in [-0.1, -0.05) is 0 Å². The molecular formula is C14H13BrN2O3. The van der Waals surface area contributed by atoms with Crippen LogP contribution in [0.25, 0.3) is 0 Å². The zero-order valence-corrected chi connectivity index (χ0v) is 12.4. The number of fused-ring (bicyclic) bond motifs is 1. The highest BCUT2D eigenvalue weighted by atomic mass is 79.9. The summed E-state index contributed by atoms with van der Waals surface area (Å²) >= 11 is 3.40. The lowest BCUT2D eigenvalue weighted by Crippen LogP contribution is -2.01. The summed E-state index contributed by atoms with van der Waals surface area (Å²) in [5, 5.41) is 3.31. The van der Waals surface area contributed by atoms with Gasteiger partial charge < -0.3 is 19.5 Å². The molecule has 2 heterocycles. The van der Waals surface area contributed by atoms with Gasteiger partial charge in [0.15, 0.2) is 11.5 Å². The molecule has 0 saturated carbocycles. The molecule has 1 aliphatic heterocycles. The minimum atomic E-state index is 0.233. The molecule has 0 spiro atoms. The summed E-state index contributed by atoms with van der Waals surface area (Å²) in [6, 6.07) is 7.72. The molecule has 0 fully saturated rings. The average molecular weight is 337 g/mol. The number of nitrogens with one attached hydrogen (secondary N) is 1. The van der Waals surface area contributed by atoms with Crippen LogP contribution in [0.4, 0.5) is 5.69 Å². The van der Waals surface area contributed by atoms with E-state index >= 15 is 0 Å². The van der Waals surface area contributed by atoms with Crippen molar-refractivity contribution < 1.29 is 14.2 Å². The van der Waals surface area contributed by atoms with Crippen molar-refractivity contribution in [2.75, 3.05) is 19.2 Å². The van der Waals surface area contributed by atoms with Crippen LogP contribution in [0.3, 0.4) is 0 Å². The van der Waals surface area contributed by atoms with Crippen molar-refractivity contribution in [3.05, 3.63) is 40.6 Å². The first-order valence-electron chi connectivity index (χ1n) is 6.09. The predicted octanol–water partition coefficient (Wildman–Crippen LogP) is 3.19. The molecule has 0 amide bonds. The van der Waals surface area contributed by atoms with Gasteiger partial charge in [-0.3, -0.25) is 0 Å². The molecule has 1 aliphatic rings. The van der Waals surface area contributed by atoms with E-state index < -0.39 is 0 Å². The van der Waals surface area contributed by atoms with Gasteiger partial charge in [-0.15, -0.1) is 0 Å². The second kappa shape index (κ2) is 5.58. The minimum absolute atomic E-state index is 0.233. The van der Waals surface area contributed by atoms with Crippen LogP contribution in [-0.4, -0.2) is 18.9 Å². The quantitative estimate of drug-likeness (QED) is 0.869. The molecule has 1 aromatic carbocycles. The van der Waals surface area contributed by atoms with E-state index in [4.69, 9.17) is 14.2 Å². The van der Waals surface area contributed by atoms with Gasteiger partial charge in [0.1, 0.15) is 4.60 Å². The van der Waals surface area contributed by atoms with E-state index in [-0.39, 0.29) is 6.79 Å². The molecular weight excluding hydrogens is 324 g/mol. The molecule has 0 saturated heterocycles. The van der Waals surface area contributed by atoms with Crippen molar-refractivity contribution >= 4 is 21.6 Å². The van der Waals surface area contributed by atoms with Crippen LogP contribution in [0.1, 0.15) is 5.56 Å². The third-order valence-corrected chi connectivity index (χ3v) is 3.59. The van der Waals surface area contributed by atoms with Gasteiger partial charge in [-0.2, -0.15) is 0 Å². The maximum atomic E-state index is 5.41. The van der Waals surface area contributed by atoms with E-state index in [2.05, 4.69) is 26.2 Å². The lowest BCUT2D eigenvalue weighted by Gasteiger charge is -2.10. The van der Waals surface area contributed by atoms with Gasteiger partial charge in [0, 0.05) is 12.7 Å². The van der Waals surface area contributed by atoms with Crippen molar-refractivity contribution in [1.82, 2.24) is 4.98 Å². The number of ether oxygens (including phenoxy) is 3. The summed E-state index contributed by atoms with van der Waals surface area (Å²) in [5.74, 6) is 2.06. The summed E-state index contributed by atoms with van der Waals surface area (Å²) < 4.78 is 16.9. The van der Waals surface area contributed by atoms with Crippen molar-refractivity contribution in [3.63, 3.8) is 0 Å². The first kappa shape index (κ1) is 13.1. The van der Waals surface area contributed by atoms with E-state index in [0.29, 0.717) is 23.8 Å². The summed E-state index contributed by atoms with van der Waals surface area (Å²) in [4.78, 5) is 4.17. The number of benzene rings is 1. The number of anilines is 1. The van der Waals surface area contributed by atoms with Gasteiger partial charge in [0.05, 0.1) is 12.8 Å². The number of pyridine rings is 1. The number of hydrogen-bond donors (Lipinski definition) is 1. The van der Waals surface area contributed by atoms with E-state index in [1.165, 1.54) is 0 Å². The lowest BCUT2D eigenvalue weighted by atomic mass is 10.2. The number of nitrogens with zero attached hydrogens (tertiary/aromatic N) is 1. The average Bonchev–Trinajstić information content (AvgIpc) is 2.94. The molecule has 3 rings (SSSR count). The van der Waals surface area contributed by atoms with E-state index in [1.54, 1.807) is 13.3 Å². The maximum Gasteiger partial charge on any atom is 0.231 e. The van der Waals surface area contributed by atoms with E-state index in [0.717, 1.165) is 15.9 Å². The molecule has 104 valence electrons. The van der Waals surface area contributed by atoms with Gasteiger partial charge in [0.2, 0.25) is 12.5 Å². The van der Waals surface area contributed by atoms with Crippen molar-refractivity contribution in [2.45, 2.75) is 6.54 Å². The number of aromatic nitrogens is 1.